The summed E-state index contributed by atoms with van der Waals surface area (Å²) in [7, 11) is 1.63. The van der Waals surface area contributed by atoms with Gasteiger partial charge in [0, 0.05) is 6.54 Å². The molecule has 130 valence electrons. The molecule has 0 spiro atoms. The number of nitrogens with zero attached hydrogens (tertiary/aromatic N) is 2. The number of fused-ring (bicyclic) bond motifs is 1. The zero-order chi connectivity index (χ0) is 17.8. The maximum atomic E-state index is 12.4. The van der Waals surface area contributed by atoms with Crippen LogP contribution in [0.3, 0.4) is 0 Å². The van der Waals surface area contributed by atoms with Crippen molar-refractivity contribution < 1.29 is 9.53 Å². The Balaban J connectivity index is 1.72. The van der Waals surface area contributed by atoms with Gasteiger partial charge in [-0.25, -0.2) is 4.98 Å². The van der Waals surface area contributed by atoms with Crippen LogP contribution < -0.4 is 10.1 Å². The average Bonchev–Trinajstić information content (AvgIpc) is 3.01. The average molecular weight is 337 g/mol. The first-order valence-corrected chi connectivity index (χ1v) is 8.49. The second-order valence-electron chi connectivity index (χ2n) is 6.02. The SMILES string of the molecule is CCn1c([C@H](C)NC(=O)Cc2ccc(OC)cc2)nc2ccccc21. The summed E-state index contributed by atoms with van der Waals surface area (Å²) in [6.45, 7) is 4.87. The van der Waals surface area contributed by atoms with Crippen molar-refractivity contribution in [2.24, 2.45) is 0 Å². The summed E-state index contributed by atoms with van der Waals surface area (Å²) >= 11 is 0. The molecule has 0 fully saturated rings. The number of rotatable bonds is 6. The lowest BCUT2D eigenvalue weighted by Crippen LogP contribution is -2.29. The number of carbonyl (C=O) groups is 1. The summed E-state index contributed by atoms with van der Waals surface area (Å²) in [5.74, 6) is 1.65. The van der Waals surface area contributed by atoms with Crippen LogP contribution in [-0.2, 0) is 17.8 Å². The number of carbonyl (C=O) groups excluding carboxylic acids is 1. The molecule has 0 aliphatic rings. The Bertz CT molecular complexity index is 868. The maximum Gasteiger partial charge on any atom is 0.224 e. The van der Waals surface area contributed by atoms with E-state index < -0.39 is 0 Å². The molecule has 0 aliphatic carbocycles. The van der Waals surface area contributed by atoms with E-state index in [0.717, 1.165) is 34.7 Å². The number of methoxy groups -OCH3 is 1. The predicted molar refractivity (Wildman–Crippen MR) is 98.7 cm³/mol. The van der Waals surface area contributed by atoms with Gasteiger partial charge in [0.25, 0.3) is 0 Å². The Labute approximate surface area is 147 Å². The van der Waals surface area contributed by atoms with Crippen molar-refractivity contribution in [3.8, 4) is 5.75 Å². The minimum Gasteiger partial charge on any atom is -0.497 e. The molecule has 1 aromatic heterocycles. The number of ether oxygens (including phenoxy) is 1. The second-order valence-corrected chi connectivity index (χ2v) is 6.02. The molecule has 5 heteroatoms. The fourth-order valence-corrected chi connectivity index (χ4v) is 3.04. The number of nitrogens with one attached hydrogen (secondary N) is 1. The number of aromatic nitrogens is 2. The lowest BCUT2D eigenvalue weighted by molar-refractivity contribution is -0.121. The molecule has 25 heavy (non-hydrogen) atoms. The third-order valence-corrected chi connectivity index (χ3v) is 4.29. The number of hydrogen-bond donors (Lipinski definition) is 1. The van der Waals surface area contributed by atoms with Crippen molar-refractivity contribution in [2.45, 2.75) is 32.9 Å². The minimum absolute atomic E-state index is 0.0209. The van der Waals surface area contributed by atoms with Crippen molar-refractivity contribution in [3.05, 3.63) is 59.9 Å². The Morgan fingerprint density at radius 2 is 1.92 bits per heavy atom. The number of amides is 1. The van der Waals surface area contributed by atoms with E-state index in [1.165, 1.54) is 0 Å². The van der Waals surface area contributed by atoms with Gasteiger partial charge >= 0.3 is 0 Å². The first-order valence-electron chi connectivity index (χ1n) is 8.49. The Morgan fingerprint density at radius 1 is 1.20 bits per heavy atom. The quantitative estimate of drug-likeness (QED) is 0.749. The van der Waals surface area contributed by atoms with Crippen molar-refractivity contribution in [1.82, 2.24) is 14.9 Å². The fraction of sp³-hybridized carbons (Fsp3) is 0.300. The Hall–Kier alpha value is -2.82. The number of aryl methyl sites for hydroxylation is 1. The largest absolute Gasteiger partial charge is 0.497 e. The third kappa shape index (κ3) is 3.65. The van der Waals surface area contributed by atoms with Crippen LogP contribution in [0, 0.1) is 0 Å². The smallest absolute Gasteiger partial charge is 0.224 e. The molecule has 0 bridgehead atoms. The molecule has 3 aromatic rings. The zero-order valence-electron chi connectivity index (χ0n) is 14.8. The molecule has 0 aliphatic heterocycles. The van der Waals surface area contributed by atoms with Gasteiger partial charge in [0.05, 0.1) is 30.6 Å². The standard InChI is InChI=1S/C20H23N3O2/c1-4-23-18-8-6-5-7-17(18)22-20(23)14(2)21-19(24)13-15-9-11-16(25-3)12-10-15/h5-12,14H,4,13H2,1-3H3,(H,21,24)/t14-/m0/s1. The van der Waals surface area contributed by atoms with E-state index in [-0.39, 0.29) is 11.9 Å². The minimum atomic E-state index is -0.155. The normalized spacial score (nSPS) is 12.1. The topological polar surface area (TPSA) is 56.2 Å². The van der Waals surface area contributed by atoms with Crippen molar-refractivity contribution in [1.29, 1.82) is 0 Å². The molecule has 5 nitrogen and oxygen atoms in total. The second kappa shape index (κ2) is 7.38. The van der Waals surface area contributed by atoms with Gasteiger partial charge in [-0.3, -0.25) is 4.79 Å². The van der Waals surface area contributed by atoms with E-state index in [9.17, 15) is 4.79 Å². The molecule has 3 rings (SSSR count). The van der Waals surface area contributed by atoms with Gasteiger partial charge in [0.2, 0.25) is 5.91 Å². The highest BCUT2D eigenvalue weighted by Crippen LogP contribution is 2.21. The molecule has 1 atom stereocenters. The van der Waals surface area contributed by atoms with Crippen LogP contribution in [0.4, 0.5) is 0 Å². The van der Waals surface area contributed by atoms with E-state index in [0.29, 0.717) is 6.42 Å². The monoisotopic (exact) mass is 337 g/mol. The summed E-state index contributed by atoms with van der Waals surface area (Å²) in [6.07, 6.45) is 0.334. The number of benzene rings is 2. The summed E-state index contributed by atoms with van der Waals surface area (Å²) in [5, 5.41) is 3.06. The molecular formula is C20H23N3O2. The predicted octanol–water partition coefficient (Wildman–Crippen LogP) is 3.48. The van der Waals surface area contributed by atoms with Gasteiger partial charge in [0.1, 0.15) is 11.6 Å². The number of para-hydroxylation sites is 2. The summed E-state index contributed by atoms with van der Waals surface area (Å²) in [6, 6.07) is 15.4. The van der Waals surface area contributed by atoms with Gasteiger partial charge in [-0.1, -0.05) is 24.3 Å². The van der Waals surface area contributed by atoms with Crippen LogP contribution in [0.15, 0.2) is 48.5 Å². The first kappa shape index (κ1) is 17.0. The van der Waals surface area contributed by atoms with E-state index >= 15 is 0 Å². The molecular weight excluding hydrogens is 314 g/mol. The number of hydrogen-bond acceptors (Lipinski definition) is 3. The molecule has 0 saturated carbocycles. The lowest BCUT2D eigenvalue weighted by Gasteiger charge is -2.15. The highest BCUT2D eigenvalue weighted by atomic mass is 16.5. The van der Waals surface area contributed by atoms with E-state index in [1.54, 1.807) is 7.11 Å². The van der Waals surface area contributed by atoms with Gasteiger partial charge in [0.15, 0.2) is 0 Å². The highest BCUT2D eigenvalue weighted by molar-refractivity contribution is 5.79. The van der Waals surface area contributed by atoms with E-state index in [1.807, 2.05) is 49.4 Å². The van der Waals surface area contributed by atoms with Gasteiger partial charge in [-0.15, -0.1) is 0 Å². The van der Waals surface area contributed by atoms with Crippen LogP contribution in [0.1, 0.15) is 31.3 Å². The molecule has 0 saturated heterocycles. The Morgan fingerprint density at radius 3 is 2.60 bits per heavy atom. The molecule has 1 heterocycles. The van der Waals surface area contributed by atoms with Crippen molar-refractivity contribution in [2.75, 3.05) is 7.11 Å². The van der Waals surface area contributed by atoms with Crippen molar-refractivity contribution in [3.63, 3.8) is 0 Å². The van der Waals surface area contributed by atoms with Crippen LogP contribution in [0.2, 0.25) is 0 Å². The first-order chi connectivity index (χ1) is 12.1. The zero-order valence-corrected chi connectivity index (χ0v) is 14.8. The molecule has 1 amide bonds. The van der Waals surface area contributed by atoms with Gasteiger partial charge < -0.3 is 14.6 Å². The van der Waals surface area contributed by atoms with Gasteiger partial charge in [-0.05, 0) is 43.7 Å². The van der Waals surface area contributed by atoms with E-state index in [4.69, 9.17) is 9.72 Å². The Kier molecular flexibility index (Phi) is 5.03. The van der Waals surface area contributed by atoms with E-state index in [2.05, 4.69) is 22.9 Å². The third-order valence-electron chi connectivity index (χ3n) is 4.29. The van der Waals surface area contributed by atoms with Crippen LogP contribution in [-0.4, -0.2) is 22.6 Å². The van der Waals surface area contributed by atoms with Crippen LogP contribution in [0.5, 0.6) is 5.75 Å². The van der Waals surface area contributed by atoms with Crippen LogP contribution >= 0.6 is 0 Å². The molecule has 1 N–H and O–H groups in total. The molecule has 2 aromatic carbocycles. The highest BCUT2D eigenvalue weighted by Gasteiger charge is 2.17. The molecule has 0 unspecified atom stereocenters. The molecule has 0 radical (unpaired) electrons. The summed E-state index contributed by atoms with van der Waals surface area (Å²) in [5.41, 5.74) is 3.00. The fourth-order valence-electron chi connectivity index (χ4n) is 3.04. The number of imidazole rings is 1. The van der Waals surface area contributed by atoms with Crippen molar-refractivity contribution >= 4 is 16.9 Å². The van der Waals surface area contributed by atoms with Crippen LogP contribution in [0.25, 0.3) is 11.0 Å². The summed E-state index contributed by atoms with van der Waals surface area (Å²) in [4.78, 5) is 17.1. The lowest BCUT2D eigenvalue weighted by atomic mass is 10.1. The summed E-state index contributed by atoms with van der Waals surface area (Å²) < 4.78 is 7.29. The van der Waals surface area contributed by atoms with Gasteiger partial charge in [-0.2, -0.15) is 0 Å². The maximum absolute atomic E-state index is 12.4.